The maximum absolute atomic E-state index is 12.5. The van der Waals surface area contributed by atoms with Crippen molar-refractivity contribution in [3.05, 3.63) is 77.0 Å². The van der Waals surface area contributed by atoms with Crippen LogP contribution in [-0.2, 0) is 9.53 Å². The van der Waals surface area contributed by atoms with E-state index < -0.39 is 0 Å². The first-order valence-electron chi connectivity index (χ1n) is 8.04. The number of ether oxygens (including phenoxy) is 1. The number of esters is 1. The van der Waals surface area contributed by atoms with E-state index in [0.29, 0.717) is 10.7 Å². The van der Waals surface area contributed by atoms with Crippen molar-refractivity contribution >= 4 is 29.0 Å². The number of methoxy groups -OCH3 is 1. The molecule has 0 saturated heterocycles. The molecule has 0 aromatic heterocycles. The third-order valence-corrected chi connectivity index (χ3v) is 4.62. The first-order valence-corrected chi connectivity index (χ1v) is 8.45. The van der Waals surface area contributed by atoms with Crippen molar-refractivity contribution in [3.63, 3.8) is 0 Å². The molecule has 0 fully saturated rings. The summed E-state index contributed by atoms with van der Waals surface area (Å²) in [6.07, 6.45) is 0. The number of hydrogen-bond donors (Lipinski definition) is 1. The Hall–Kier alpha value is -2.66. The van der Waals surface area contributed by atoms with Gasteiger partial charge in [-0.25, -0.2) is 4.79 Å². The van der Waals surface area contributed by atoms with Crippen LogP contribution in [0.25, 0.3) is 0 Å². The average Bonchev–Trinajstić information content (AvgIpc) is 2.63. The summed E-state index contributed by atoms with van der Waals surface area (Å²) >= 11 is 5.60. The van der Waals surface area contributed by atoms with Crippen molar-refractivity contribution in [1.82, 2.24) is 5.32 Å². The zero-order valence-corrected chi connectivity index (χ0v) is 15.3. The van der Waals surface area contributed by atoms with Crippen molar-refractivity contribution in [1.29, 1.82) is 0 Å². The van der Waals surface area contributed by atoms with Crippen LogP contribution < -0.4 is 10.2 Å². The Bertz CT molecular complexity index is 829. The fourth-order valence-electron chi connectivity index (χ4n) is 3.02. The summed E-state index contributed by atoms with van der Waals surface area (Å²) in [5.41, 5.74) is 4.37. The van der Waals surface area contributed by atoms with Crippen LogP contribution in [0.1, 0.15) is 24.1 Å². The van der Waals surface area contributed by atoms with Gasteiger partial charge in [0.25, 0.3) is 0 Å². The second kappa shape index (κ2) is 7.07. The van der Waals surface area contributed by atoms with E-state index in [9.17, 15) is 4.79 Å². The maximum atomic E-state index is 12.5. The largest absolute Gasteiger partial charge is 0.466 e. The number of nitrogens with zero attached hydrogens (tertiary/aromatic N) is 1. The molecule has 1 atom stereocenters. The molecule has 0 aliphatic carbocycles. The maximum Gasteiger partial charge on any atom is 0.337 e. The zero-order chi connectivity index (χ0) is 18.0. The average molecular weight is 352 g/mol. The van der Waals surface area contributed by atoms with Crippen molar-refractivity contribution in [3.8, 4) is 0 Å². The smallest absolute Gasteiger partial charge is 0.337 e. The molecular weight excluding hydrogens is 332 g/mol. The summed E-state index contributed by atoms with van der Waals surface area (Å²) in [4.78, 5) is 14.4. The van der Waals surface area contributed by atoms with E-state index in [2.05, 4.69) is 5.32 Å². The van der Waals surface area contributed by atoms with Crippen LogP contribution >= 0.6 is 12.2 Å². The highest BCUT2D eigenvalue weighted by Gasteiger charge is 2.35. The van der Waals surface area contributed by atoms with Crippen LogP contribution in [0.3, 0.4) is 0 Å². The van der Waals surface area contributed by atoms with E-state index in [1.807, 2.05) is 73.3 Å². The molecule has 1 aliphatic rings. The second-order valence-electron chi connectivity index (χ2n) is 5.95. The highest BCUT2D eigenvalue weighted by atomic mass is 32.1. The number of carbonyl (C=O) groups excluding carboxylic acids is 1. The lowest BCUT2D eigenvalue weighted by atomic mass is 9.95. The quantitative estimate of drug-likeness (QED) is 0.671. The molecule has 1 aliphatic heterocycles. The molecule has 0 radical (unpaired) electrons. The molecule has 0 saturated carbocycles. The minimum atomic E-state index is -0.363. The van der Waals surface area contributed by atoms with E-state index in [1.54, 1.807) is 0 Å². The number of rotatable bonds is 3. The Labute approximate surface area is 153 Å². The number of carbonyl (C=O) groups is 1. The van der Waals surface area contributed by atoms with E-state index >= 15 is 0 Å². The molecule has 3 rings (SSSR count). The van der Waals surface area contributed by atoms with Crippen molar-refractivity contribution in [2.75, 3.05) is 12.0 Å². The first-order chi connectivity index (χ1) is 12.0. The number of thiocarbonyl (C=S) groups is 1. The highest BCUT2D eigenvalue weighted by Crippen LogP contribution is 2.34. The number of hydrogen-bond acceptors (Lipinski definition) is 3. The van der Waals surface area contributed by atoms with Gasteiger partial charge in [0.2, 0.25) is 0 Å². The third-order valence-electron chi connectivity index (χ3n) is 4.32. The molecular formula is C20H20N2O2S. The van der Waals surface area contributed by atoms with Crippen molar-refractivity contribution < 1.29 is 9.53 Å². The van der Waals surface area contributed by atoms with Gasteiger partial charge in [-0.3, -0.25) is 4.90 Å². The Kier molecular flexibility index (Phi) is 4.86. The van der Waals surface area contributed by atoms with Crippen LogP contribution in [0.2, 0.25) is 0 Å². The third kappa shape index (κ3) is 3.28. The van der Waals surface area contributed by atoms with Crippen LogP contribution in [0, 0.1) is 6.92 Å². The molecule has 1 N–H and O–H groups in total. The van der Waals surface area contributed by atoms with Crippen LogP contribution in [0.4, 0.5) is 5.69 Å². The summed E-state index contributed by atoms with van der Waals surface area (Å²) in [5.74, 6) is -0.363. The summed E-state index contributed by atoms with van der Waals surface area (Å²) in [5, 5.41) is 3.85. The van der Waals surface area contributed by atoms with Crippen LogP contribution in [0.15, 0.2) is 65.9 Å². The van der Waals surface area contributed by atoms with Gasteiger partial charge in [0.15, 0.2) is 5.11 Å². The van der Waals surface area contributed by atoms with Gasteiger partial charge in [-0.2, -0.15) is 0 Å². The number of benzene rings is 2. The molecule has 5 heteroatoms. The van der Waals surface area contributed by atoms with E-state index in [1.165, 1.54) is 7.11 Å². The molecule has 4 nitrogen and oxygen atoms in total. The van der Waals surface area contributed by atoms with Gasteiger partial charge in [-0.05, 0) is 43.8 Å². The molecule has 128 valence electrons. The summed E-state index contributed by atoms with van der Waals surface area (Å²) < 4.78 is 5.04. The molecule has 0 spiro atoms. The van der Waals surface area contributed by atoms with Gasteiger partial charge >= 0.3 is 5.97 Å². The predicted octanol–water partition coefficient (Wildman–Crippen LogP) is 3.88. The lowest BCUT2D eigenvalue weighted by Crippen LogP contribution is -2.48. The Balaban J connectivity index is 2.12. The van der Waals surface area contributed by atoms with E-state index in [0.717, 1.165) is 22.5 Å². The van der Waals surface area contributed by atoms with Gasteiger partial charge in [-0.1, -0.05) is 48.0 Å². The number of nitrogens with one attached hydrogen (secondary N) is 1. The fraction of sp³-hybridized carbons (Fsp3) is 0.200. The standard InChI is InChI=1S/C20H20N2O2S/c1-13-9-11-16(12-10-13)22-14(2)17(19(23)24-3)18(21-20(22)25)15-7-5-4-6-8-15/h4-12,18H,1-3H3,(H,21,25). The fourth-order valence-corrected chi connectivity index (χ4v) is 3.38. The lowest BCUT2D eigenvalue weighted by Gasteiger charge is -2.37. The van der Waals surface area contributed by atoms with E-state index in [-0.39, 0.29) is 12.0 Å². The Morgan fingerprint density at radius 3 is 2.32 bits per heavy atom. The molecule has 1 unspecified atom stereocenters. The summed E-state index contributed by atoms with van der Waals surface area (Å²) in [7, 11) is 1.40. The number of aryl methyl sites for hydroxylation is 1. The summed E-state index contributed by atoms with van der Waals surface area (Å²) in [6, 6.07) is 17.5. The SMILES string of the molecule is COC(=O)C1=C(C)N(c2ccc(C)cc2)C(=S)NC1c1ccccc1. The first kappa shape index (κ1) is 17.2. The monoisotopic (exact) mass is 352 g/mol. The second-order valence-corrected chi connectivity index (χ2v) is 6.34. The normalized spacial score (nSPS) is 17.3. The van der Waals surface area contributed by atoms with Gasteiger partial charge in [-0.15, -0.1) is 0 Å². The Morgan fingerprint density at radius 2 is 1.72 bits per heavy atom. The summed E-state index contributed by atoms with van der Waals surface area (Å²) in [6.45, 7) is 3.93. The number of allylic oxidation sites excluding steroid dienone is 1. The van der Waals surface area contributed by atoms with Crippen molar-refractivity contribution in [2.24, 2.45) is 0 Å². The molecule has 0 amide bonds. The van der Waals surface area contributed by atoms with Gasteiger partial charge in [0.1, 0.15) is 0 Å². The van der Waals surface area contributed by atoms with Gasteiger partial charge in [0, 0.05) is 11.4 Å². The van der Waals surface area contributed by atoms with Crippen LogP contribution in [0.5, 0.6) is 0 Å². The minimum absolute atomic E-state index is 0.331. The topological polar surface area (TPSA) is 41.6 Å². The molecule has 2 aromatic rings. The van der Waals surface area contributed by atoms with E-state index in [4.69, 9.17) is 17.0 Å². The molecule has 0 bridgehead atoms. The Morgan fingerprint density at radius 1 is 1.08 bits per heavy atom. The zero-order valence-electron chi connectivity index (χ0n) is 14.4. The molecule has 25 heavy (non-hydrogen) atoms. The lowest BCUT2D eigenvalue weighted by molar-refractivity contribution is -0.136. The van der Waals surface area contributed by atoms with Crippen molar-refractivity contribution in [2.45, 2.75) is 19.9 Å². The molecule has 2 aromatic carbocycles. The highest BCUT2D eigenvalue weighted by molar-refractivity contribution is 7.80. The van der Waals surface area contributed by atoms with Gasteiger partial charge in [0.05, 0.1) is 18.7 Å². The predicted molar refractivity (Wildman–Crippen MR) is 103 cm³/mol. The number of anilines is 1. The van der Waals surface area contributed by atoms with Gasteiger partial charge < -0.3 is 10.1 Å². The van der Waals surface area contributed by atoms with Crippen LogP contribution in [-0.4, -0.2) is 18.2 Å². The minimum Gasteiger partial charge on any atom is -0.466 e. The molecule has 1 heterocycles.